The van der Waals surface area contributed by atoms with Gasteiger partial charge in [0.1, 0.15) is 0 Å². The Hall–Kier alpha value is 0.270. The Morgan fingerprint density at radius 2 is 2.00 bits per heavy atom. The second-order valence-corrected chi connectivity index (χ2v) is 5.11. The Bertz CT molecular complexity index is 115. The highest BCUT2D eigenvalue weighted by atomic mass is 32.2. The minimum atomic E-state index is -0.377. The third kappa shape index (κ3) is 4.67. The van der Waals surface area contributed by atoms with Gasteiger partial charge in [-0.3, -0.25) is 0 Å². The third-order valence-electron chi connectivity index (χ3n) is 1.86. The van der Waals surface area contributed by atoms with Gasteiger partial charge in [0.25, 0.3) is 0 Å². The highest BCUT2D eigenvalue weighted by Crippen LogP contribution is 2.27. The topological polar surface area (TPSA) is 46.2 Å². The van der Waals surface area contributed by atoms with E-state index in [4.69, 9.17) is 5.73 Å². The number of nitrogens with two attached hydrogens (primary N) is 1. The van der Waals surface area contributed by atoms with Crippen LogP contribution < -0.4 is 5.73 Å². The summed E-state index contributed by atoms with van der Waals surface area (Å²) in [5, 5.41) is 9.45. The summed E-state index contributed by atoms with van der Waals surface area (Å²) >= 11 is 1.76. The Morgan fingerprint density at radius 3 is 2.27 bits per heavy atom. The van der Waals surface area contributed by atoms with Gasteiger partial charge in [-0.1, -0.05) is 13.8 Å². The summed E-state index contributed by atoms with van der Waals surface area (Å²) in [6.07, 6.45) is 2.43. The average Bonchev–Trinajstić information content (AvgIpc) is 1.87. The van der Waals surface area contributed by atoms with Crippen molar-refractivity contribution in [2.75, 3.05) is 6.26 Å². The van der Waals surface area contributed by atoms with Crippen molar-refractivity contribution in [2.45, 2.75) is 44.1 Å². The van der Waals surface area contributed by atoms with Crippen LogP contribution in [0.5, 0.6) is 0 Å². The molecule has 0 aromatic heterocycles. The summed E-state index contributed by atoms with van der Waals surface area (Å²) in [6, 6.07) is -0.124. The number of rotatable bonds is 4. The summed E-state index contributed by atoms with van der Waals surface area (Å²) in [6.45, 7) is 6.06. The Morgan fingerprint density at radius 1 is 1.55 bits per heavy atom. The molecule has 0 spiro atoms. The van der Waals surface area contributed by atoms with Crippen LogP contribution in [0, 0.1) is 0 Å². The van der Waals surface area contributed by atoms with Crippen LogP contribution in [0.4, 0.5) is 0 Å². The van der Waals surface area contributed by atoms with Crippen LogP contribution in [0.15, 0.2) is 0 Å². The molecule has 3 heteroatoms. The fourth-order valence-electron chi connectivity index (χ4n) is 0.773. The highest BCUT2D eigenvalue weighted by molar-refractivity contribution is 7.99. The molecule has 0 aliphatic heterocycles. The first kappa shape index (κ1) is 11.3. The molecule has 0 rings (SSSR count). The van der Waals surface area contributed by atoms with Crippen molar-refractivity contribution >= 4 is 11.8 Å². The van der Waals surface area contributed by atoms with Crippen molar-refractivity contribution in [3.8, 4) is 0 Å². The van der Waals surface area contributed by atoms with Gasteiger partial charge in [0, 0.05) is 10.8 Å². The van der Waals surface area contributed by atoms with Gasteiger partial charge in [-0.05, 0) is 19.6 Å². The molecule has 0 saturated heterocycles. The van der Waals surface area contributed by atoms with Gasteiger partial charge in [0.05, 0.1) is 6.10 Å². The molecule has 0 aliphatic rings. The van der Waals surface area contributed by atoms with Gasteiger partial charge >= 0.3 is 0 Å². The van der Waals surface area contributed by atoms with Crippen LogP contribution in [0.3, 0.4) is 0 Å². The van der Waals surface area contributed by atoms with E-state index in [1.165, 1.54) is 0 Å². The first-order valence-corrected chi connectivity index (χ1v) is 5.10. The van der Waals surface area contributed by atoms with Crippen LogP contribution in [0.25, 0.3) is 0 Å². The fraction of sp³-hybridized carbons (Fsp3) is 1.00. The van der Waals surface area contributed by atoms with Crippen molar-refractivity contribution in [2.24, 2.45) is 5.73 Å². The summed E-state index contributed by atoms with van der Waals surface area (Å²) in [4.78, 5) is 0. The van der Waals surface area contributed by atoms with E-state index >= 15 is 0 Å². The molecular formula is C8H19NOS. The molecule has 2 atom stereocenters. The zero-order chi connectivity index (χ0) is 9.07. The fourth-order valence-corrected chi connectivity index (χ4v) is 1.11. The molecule has 68 valence electrons. The van der Waals surface area contributed by atoms with Gasteiger partial charge < -0.3 is 10.8 Å². The van der Waals surface area contributed by atoms with Crippen LogP contribution in [-0.4, -0.2) is 28.3 Å². The molecule has 2 nitrogen and oxygen atoms in total. The molecule has 3 N–H and O–H groups in total. The van der Waals surface area contributed by atoms with Crippen LogP contribution in [-0.2, 0) is 0 Å². The monoisotopic (exact) mass is 177 g/mol. The lowest BCUT2D eigenvalue weighted by atomic mass is 10.0. The van der Waals surface area contributed by atoms with E-state index in [-0.39, 0.29) is 16.9 Å². The molecule has 0 fully saturated rings. The first-order chi connectivity index (χ1) is 4.89. The summed E-state index contributed by atoms with van der Waals surface area (Å²) in [5.74, 6) is 0. The van der Waals surface area contributed by atoms with Crippen molar-refractivity contribution < 1.29 is 5.11 Å². The lowest BCUT2D eigenvalue weighted by Crippen LogP contribution is -2.36. The highest BCUT2D eigenvalue weighted by Gasteiger charge is 2.22. The maximum absolute atomic E-state index is 9.45. The predicted octanol–water partition coefficient (Wildman–Crippen LogP) is 1.23. The Kier molecular flexibility index (Phi) is 4.44. The van der Waals surface area contributed by atoms with E-state index in [9.17, 15) is 5.11 Å². The maximum Gasteiger partial charge on any atom is 0.0701 e. The van der Waals surface area contributed by atoms with Gasteiger partial charge in [-0.25, -0.2) is 0 Å². The average molecular weight is 177 g/mol. The van der Waals surface area contributed by atoms with Gasteiger partial charge in [0.2, 0.25) is 0 Å². The predicted molar refractivity (Wildman–Crippen MR) is 51.9 cm³/mol. The standard InChI is InChI=1S/C8H19NOS/c1-6(9)7(10)5-8(2,3)11-4/h6-7,10H,5,9H2,1-4H3. The maximum atomic E-state index is 9.45. The largest absolute Gasteiger partial charge is 0.391 e. The molecule has 0 bridgehead atoms. The molecule has 0 amide bonds. The van der Waals surface area contributed by atoms with Gasteiger partial charge in [-0.2, -0.15) is 11.8 Å². The van der Waals surface area contributed by atoms with Gasteiger partial charge in [-0.15, -0.1) is 0 Å². The summed E-state index contributed by atoms with van der Waals surface area (Å²) in [5.41, 5.74) is 5.54. The quantitative estimate of drug-likeness (QED) is 0.679. The van der Waals surface area contributed by atoms with Crippen LogP contribution >= 0.6 is 11.8 Å². The van der Waals surface area contributed by atoms with E-state index in [1.54, 1.807) is 11.8 Å². The SMILES string of the molecule is CSC(C)(C)CC(O)C(C)N. The zero-order valence-corrected chi connectivity index (χ0v) is 8.61. The third-order valence-corrected chi connectivity index (χ3v) is 3.13. The van der Waals surface area contributed by atoms with Crippen molar-refractivity contribution in [1.29, 1.82) is 0 Å². The second-order valence-electron chi connectivity index (χ2n) is 3.59. The Labute approximate surface area is 73.6 Å². The number of aliphatic hydroxyl groups is 1. The van der Waals surface area contributed by atoms with E-state index in [2.05, 4.69) is 13.8 Å². The number of hydrogen-bond acceptors (Lipinski definition) is 3. The van der Waals surface area contributed by atoms with Crippen molar-refractivity contribution in [3.05, 3.63) is 0 Å². The van der Waals surface area contributed by atoms with Crippen molar-refractivity contribution in [1.82, 2.24) is 0 Å². The van der Waals surface area contributed by atoms with Crippen LogP contribution in [0.1, 0.15) is 27.2 Å². The smallest absolute Gasteiger partial charge is 0.0701 e. The minimum absolute atomic E-state index is 0.124. The molecule has 0 aromatic rings. The van der Waals surface area contributed by atoms with Gasteiger partial charge in [0.15, 0.2) is 0 Å². The normalized spacial score (nSPS) is 18.0. The number of thioether (sulfide) groups is 1. The second kappa shape index (κ2) is 4.33. The molecule has 0 heterocycles. The zero-order valence-electron chi connectivity index (χ0n) is 7.79. The Balaban J connectivity index is 3.83. The molecule has 0 aromatic carbocycles. The van der Waals surface area contributed by atoms with E-state index in [0.29, 0.717) is 0 Å². The number of aliphatic hydroxyl groups excluding tert-OH is 1. The molecule has 0 saturated carbocycles. The number of hydrogen-bond donors (Lipinski definition) is 2. The van der Waals surface area contributed by atoms with E-state index in [0.717, 1.165) is 6.42 Å². The molecule has 11 heavy (non-hydrogen) atoms. The molecular weight excluding hydrogens is 158 g/mol. The molecule has 2 unspecified atom stereocenters. The molecule has 0 radical (unpaired) electrons. The summed E-state index contributed by atoms with van der Waals surface area (Å²) in [7, 11) is 0. The van der Waals surface area contributed by atoms with Crippen molar-refractivity contribution in [3.63, 3.8) is 0 Å². The first-order valence-electron chi connectivity index (χ1n) is 3.88. The van der Waals surface area contributed by atoms with E-state index in [1.807, 2.05) is 13.2 Å². The van der Waals surface area contributed by atoms with E-state index < -0.39 is 0 Å². The van der Waals surface area contributed by atoms with Crippen LogP contribution in [0.2, 0.25) is 0 Å². The molecule has 0 aliphatic carbocycles. The lowest BCUT2D eigenvalue weighted by molar-refractivity contribution is 0.132. The lowest BCUT2D eigenvalue weighted by Gasteiger charge is -2.26. The minimum Gasteiger partial charge on any atom is -0.391 e. The summed E-state index contributed by atoms with van der Waals surface area (Å²) < 4.78 is 0.132.